The van der Waals surface area contributed by atoms with Gasteiger partial charge in [0.25, 0.3) is 0 Å². The first-order valence-corrected chi connectivity index (χ1v) is 7.72. The Labute approximate surface area is 135 Å². The number of fused-ring (bicyclic) bond motifs is 1. The van der Waals surface area contributed by atoms with Gasteiger partial charge in [0, 0.05) is 33.1 Å². The van der Waals surface area contributed by atoms with Crippen LogP contribution in [0.2, 0.25) is 0 Å². The molecular formula is C18H20O5. The highest BCUT2D eigenvalue weighted by atomic mass is 16.7. The molecule has 2 atom stereocenters. The van der Waals surface area contributed by atoms with Gasteiger partial charge in [-0.3, -0.25) is 4.79 Å². The summed E-state index contributed by atoms with van der Waals surface area (Å²) in [5.41, 5.74) is 1.19. The Morgan fingerprint density at radius 1 is 1.26 bits per heavy atom. The van der Waals surface area contributed by atoms with Crippen molar-refractivity contribution in [3.8, 4) is 5.75 Å². The van der Waals surface area contributed by atoms with Crippen LogP contribution in [-0.2, 0) is 20.7 Å². The summed E-state index contributed by atoms with van der Waals surface area (Å²) in [6.07, 6.45) is 2.28. The molecule has 0 aromatic heterocycles. The number of benzene rings is 1. The lowest BCUT2D eigenvalue weighted by Gasteiger charge is -2.33. The molecule has 5 heteroatoms. The lowest BCUT2D eigenvalue weighted by molar-refractivity contribution is -0.132. The molecule has 2 aliphatic rings. The zero-order chi connectivity index (χ0) is 16.6. The van der Waals surface area contributed by atoms with Gasteiger partial charge < -0.3 is 14.2 Å². The largest absolute Gasteiger partial charge is 0.452 e. The minimum absolute atomic E-state index is 0.149. The molecule has 2 heterocycles. The molecule has 1 aromatic carbocycles. The van der Waals surface area contributed by atoms with E-state index in [1.807, 2.05) is 12.1 Å². The van der Waals surface area contributed by atoms with E-state index in [2.05, 4.69) is 6.58 Å². The standard InChI is InChI=1S/C18H20O5/c1-4-13-9-12(19)10-14(21-13)8-11-6-5-7-15-16(11)17(20)23-18(2,3)22-15/h4-7,13-14H,1,8-10H2,2-3H3/t13-,14-/m0/s1. The third kappa shape index (κ3) is 3.29. The quantitative estimate of drug-likeness (QED) is 0.634. The summed E-state index contributed by atoms with van der Waals surface area (Å²) in [5, 5.41) is 0. The summed E-state index contributed by atoms with van der Waals surface area (Å²) in [4.78, 5) is 24.1. The predicted molar refractivity (Wildman–Crippen MR) is 83.4 cm³/mol. The van der Waals surface area contributed by atoms with E-state index in [-0.39, 0.29) is 18.0 Å². The Kier molecular flexibility index (Phi) is 3.98. The molecule has 0 radical (unpaired) electrons. The lowest BCUT2D eigenvalue weighted by atomic mass is 9.94. The molecule has 0 unspecified atom stereocenters. The summed E-state index contributed by atoms with van der Waals surface area (Å²) in [6, 6.07) is 5.42. The van der Waals surface area contributed by atoms with Gasteiger partial charge in [0.15, 0.2) is 0 Å². The summed E-state index contributed by atoms with van der Waals surface area (Å²) < 4.78 is 16.9. The van der Waals surface area contributed by atoms with Crippen LogP contribution in [0.1, 0.15) is 42.6 Å². The van der Waals surface area contributed by atoms with Crippen LogP contribution in [0.4, 0.5) is 0 Å². The maximum absolute atomic E-state index is 12.3. The highest BCUT2D eigenvalue weighted by molar-refractivity contribution is 5.95. The first-order valence-electron chi connectivity index (χ1n) is 7.72. The van der Waals surface area contributed by atoms with Crippen molar-refractivity contribution in [3.63, 3.8) is 0 Å². The maximum atomic E-state index is 12.3. The average molecular weight is 316 g/mol. The lowest BCUT2D eigenvalue weighted by Crippen LogP contribution is -2.40. The van der Waals surface area contributed by atoms with Gasteiger partial charge in [0.05, 0.1) is 12.2 Å². The molecule has 3 rings (SSSR count). The van der Waals surface area contributed by atoms with Crippen LogP contribution in [-0.4, -0.2) is 29.7 Å². The van der Waals surface area contributed by atoms with E-state index < -0.39 is 11.8 Å². The monoisotopic (exact) mass is 316 g/mol. The van der Waals surface area contributed by atoms with E-state index in [4.69, 9.17) is 14.2 Å². The van der Waals surface area contributed by atoms with E-state index in [0.717, 1.165) is 5.56 Å². The minimum Gasteiger partial charge on any atom is -0.452 e. The molecule has 122 valence electrons. The van der Waals surface area contributed by atoms with Crippen LogP contribution < -0.4 is 4.74 Å². The van der Waals surface area contributed by atoms with Crippen LogP contribution in [0.25, 0.3) is 0 Å². The Balaban J connectivity index is 1.86. The Morgan fingerprint density at radius 3 is 2.78 bits per heavy atom. The first kappa shape index (κ1) is 15.7. The number of Topliss-reactive ketones (excluding diaryl/α,β-unsaturated/α-hetero) is 1. The van der Waals surface area contributed by atoms with E-state index in [9.17, 15) is 9.59 Å². The number of ether oxygens (including phenoxy) is 3. The van der Waals surface area contributed by atoms with Crippen molar-refractivity contribution in [2.24, 2.45) is 0 Å². The molecule has 2 aliphatic heterocycles. The van der Waals surface area contributed by atoms with Gasteiger partial charge in [-0.05, 0) is 11.6 Å². The Hall–Kier alpha value is -2.14. The molecule has 0 N–H and O–H groups in total. The van der Waals surface area contributed by atoms with Crippen molar-refractivity contribution in [3.05, 3.63) is 42.0 Å². The first-order chi connectivity index (χ1) is 10.9. The van der Waals surface area contributed by atoms with Crippen LogP contribution >= 0.6 is 0 Å². The van der Waals surface area contributed by atoms with Crippen LogP contribution in [0.3, 0.4) is 0 Å². The zero-order valence-corrected chi connectivity index (χ0v) is 13.3. The van der Waals surface area contributed by atoms with Crippen molar-refractivity contribution >= 4 is 11.8 Å². The van der Waals surface area contributed by atoms with Gasteiger partial charge in [-0.15, -0.1) is 6.58 Å². The second-order valence-electron chi connectivity index (χ2n) is 6.36. The topological polar surface area (TPSA) is 61.8 Å². The van der Waals surface area contributed by atoms with Crippen LogP contribution in [0, 0.1) is 0 Å². The molecule has 1 aromatic rings. The van der Waals surface area contributed by atoms with Gasteiger partial charge in [-0.1, -0.05) is 18.2 Å². The molecule has 0 bridgehead atoms. The summed E-state index contributed by atoms with van der Waals surface area (Å²) in [5.74, 6) is -0.732. The van der Waals surface area contributed by atoms with Crippen molar-refractivity contribution in [1.29, 1.82) is 0 Å². The van der Waals surface area contributed by atoms with Gasteiger partial charge in [-0.2, -0.15) is 0 Å². The van der Waals surface area contributed by atoms with Crippen LogP contribution in [0.5, 0.6) is 5.75 Å². The van der Waals surface area contributed by atoms with Gasteiger partial charge in [-0.25, -0.2) is 4.79 Å². The van der Waals surface area contributed by atoms with Crippen molar-refractivity contribution in [2.75, 3.05) is 0 Å². The number of carbonyl (C=O) groups is 2. The molecule has 1 saturated heterocycles. The molecule has 0 aliphatic carbocycles. The third-order valence-electron chi connectivity index (χ3n) is 3.97. The minimum atomic E-state index is -0.978. The Morgan fingerprint density at radius 2 is 2.04 bits per heavy atom. The van der Waals surface area contributed by atoms with Crippen molar-refractivity contribution in [1.82, 2.24) is 0 Å². The van der Waals surface area contributed by atoms with Crippen molar-refractivity contribution < 1.29 is 23.8 Å². The van der Waals surface area contributed by atoms with E-state index in [0.29, 0.717) is 30.6 Å². The number of ketones is 1. The molecule has 23 heavy (non-hydrogen) atoms. The van der Waals surface area contributed by atoms with Gasteiger partial charge in [0.1, 0.15) is 17.1 Å². The number of carbonyl (C=O) groups excluding carboxylic acids is 2. The SMILES string of the molecule is C=C[C@H]1CC(=O)C[C@H](Cc2cccc3c2C(=O)OC(C)(C)O3)O1. The predicted octanol–water partition coefficient (Wildman–Crippen LogP) is 2.82. The number of hydrogen-bond donors (Lipinski definition) is 0. The van der Waals surface area contributed by atoms with Crippen LogP contribution in [0.15, 0.2) is 30.9 Å². The number of hydrogen-bond acceptors (Lipinski definition) is 5. The zero-order valence-electron chi connectivity index (χ0n) is 13.3. The Bertz CT molecular complexity index is 661. The summed E-state index contributed by atoms with van der Waals surface area (Å²) in [6.45, 7) is 7.07. The number of cyclic esters (lactones) is 1. The fourth-order valence-corrected chi connectivity index (χ4v) is 3.03. The van der Waals surface area contributed by atoms with Crippen molar-refractivity contribution in [2.45, 2.75) is 51.1 Å². The molecular weight excluding hydrogens is 296 g/mol. The molecule has 0 spiro atoms. The average Bonchev–Trinajstić information content (AvgIpc) is 2.44. The van der Waals surface area contributed by atoms with Gasteiger partial charge >= 0.3 is 5.97 Å². The molecule has 0 amide bonds. The second kappa shape index (κ2) is 5.81. The van der Waals surface area contributed by atoms with E-state index in [1.165, 1.54) is 0 Å². The normalized spacial score (nSPS) is 26.0. The van der Waals surface area contributed by atoms with E-state index >= 15 is 0 Å². The fraction of sp³-hybridized carbons (Fsp3) is 0.444. The number of rotatable bonds is 3. The smallest absolute Gasteiger partial charge is 0.345 e. The highest BCUT2D eigenvalue weighted by Crippen LogP contribution is 2.34. The second-order valence-corrected chi connectivity index (χ2v) is 6.36. The summed E-state index contributed by atoms with van der Waals surface area (Å²) >= 11 is 0. The molecule has 1 fully saturated rings. The summed E-state index contributed by atoms with van der Waals surface area (Å²) in [7, 11) is 0. The molecule has 0 saturated carbocycles. The molecule has 5 nitrogen and oxygen atoms in total. The number of esters is 1. The fourth-order valence-electron chi connectivity index (χ4n) is 3.03. The van der Waals surface area contributed by atoms with E-state index in [1.54, 1.807) is 26.0 Å². The third-order valence-corrected chi connectivity index (χ3v) is 3.97. The van der Waals surface area contributed by atoms with Gasteiger partial charge in [0.2, 0.25) is 5.79 Å². The maximum Gasteiger partial charge on any atom is 0.345 e. The highest BCUT2D eigenvalue weighted by Gasteiger charge is 2.36.